The van der Waals surface area contributed by atoms with Crippen molar-refractivity contribution < 1.29 is 38.3 Å². The van der Waals surface area contributed by atoms with E-state index in [-0.39, 0.29) is 33.4 Å². The molecular weight excluding hydrogens is 620 g/mol. The van der Waals surface area contributed by atoms with Crippen molar-refractivity contribution in [1.82, 2.24) is 0 Å². The third kappa shape index (κ3) is 9.07. The summed E-state index contributed by atoms with van der Waals surface area (Å²) in [6.45, 7) is 13.2. The van der Waals surface area contributed by atoms with Crippen LogP contribution in [0.3, 0.4) is 0 Å². The van der Waals surface area contributed by atoms with Crippen LogP contribution in [0, 0.1) is 11.3 Å². The SMILES string of the molecule is CC(C(=O)O)=C(OCCCCCC1(C)CCO1)C12CC3CC(OCCCCCC4(C)CCO4)(CC(OCCCCCC4(C)CCO4)(C3)C1)C2. The van der Waals surface area contributed by atoms with Crippen molar-refractivity contribution in [2.75, 3.05) is 39.6 Å². The minimum atomic E-state index is -0.876. The third-order valence-electron chi connectivity index (χ3n) is 13.5. The topological polar surface area (TPSA) is 92.7 Å². The average Bonchev–Trinajstić information content (AvgIpc) is 3.00. The minimum absolute atomic E-state index is 0.0555. The molecule has 1 N–H and O–H groups in total. The Hall–Kier alpha value is -1.19. The molecule has 0 aromatic heterocycles. The fraction of sp³-hybridized carbons (Fsp3) is 0.927. The molecule has 5 unspecified atom stereocenters. The average molecular weight is 689 g/mol. The molecule has 8 heteroatoms. The summed E-state index contributed by atoms with van der Waals surface area (Å²) in [5.41, 5.74) is -0.335. The van der Waals surface area contributed by atoms with Crippen molar-refractivity contribution in [1.29, 1.82) is 0 Å². The molecule has 4 bridgehead atoms. The highest BCUT2D eigenvalue weighted by atomic mass is 16.5. The van der Waals surface area contributed by atoms with Gasteiger partial charge in [0, 0.05) is 25.0 Å². The molecule has 7 rings (SSSR count). The molecule has 0 spiro atoms. The third-order valence-corrected chi connectivity index (χ3v) is 13.5. The number of hydrogen-bond donors (Lipinski definition) is 1. The Balaban J connectivity index is 1.09. The van der Waals surface area contributed by atoms with Crippen molar-refractivity contribution in [3.05, 3.63) is 11.3 Å². The van der Waals surface area contributed by atoms with Crippen LogP contribution in [0.5, 0.6) is 0 Å². The molecule has 3 saturated heterocycles. The van der Waals surface area contributed by atoms with Gasteiger partial charge in [0.25, 0.3) is 0 Å². The van der Waals surface area contributed by atoms with Crippen molar-refractivity contribution >= 4 is 5.97 Å². The fourth-order valence-electron chi connectivity index (χ4n) is 10.6. The Bertz CT molecular complexity index is 1100. The summed E-state index contributed by atoms with van der Waals surface area (Å²) in [5, 5.41) is 10.3. The van der Waals surface area contributed by atoms with Gasteiger partial charge in [0.05, 0.1) is 60.0 Å². The molecule has 0 aromatic rings. The lowest BCUT2D eigenvalue weighted by molar-refractivity contribution is -0.261. The van der Waals surface area contributed by atoms with Crippen molar-refractivity contribution in [2.24, 2.45) is 11.3 Å². The highest BCUT2D eigenvalue weighted by Gasteiger charge is 2.66. The van der Waals surface area contributed by atoms with E-state index in [0.29, 0.717) is 23.9 Å². The minimum Gasteiger partial charge on any atom is -0.497 e. The molecule has 0 amide bonds. The first-order valence-corrected chi connectivity index (χ1v) is 20.2. The maximum Gasteiger partial charge on any atom is 0.334 e. The molecule has 0 radical (unpaired) electrons. The van der Waals surface area contributed by atoms with E-state index in [0.717, 1.165) is 142 Å². The van der Waals surface area contributed by atoms with E-state index < -0.39 is 5.97 Å². The molecule has 8 nitrogen and oxygen atoms in total. The van der Waals surface area contributed by atoms with Gasteiger partial charge in [-0.15, -0.1) is 0 Å². The van der Waals surface area contributed by atoms with Crippen LogP contribution in [0.15, 0.2) is 11.3 Å². The number of rotatable bonds is 23. The number of aliphatic carboxylic acids is 1. The van der Waals surface area contributed by atoms with Gasteiger partial charge < -0.3 is 33.5 Å². The largest absolute Gasteiger partial charge is 0.497 e. The molecule has 4 aliphatic carbocycles. The van der Waals surface area contributed by atoms with E-state index in [1.165, 1.54) is 25.7 Å². The number of carbonyl (C=O) groups is 1. The molecule has 3 aliphatic heterocycles. The van der Waals surface area contributed by atoms with Gasteiger partial charge in [-0.3, -0.25) is 0 Å². The van der Waals surface area contributed by atoms with Crippen LogP contribution in [0.2, 0.25) is 0 Å². The molecule has 49 heavy (non-hydrogen) atoms. The van der Waals surface area contributed by atoms with Crippen LogP contribution >= 0.6 is 0 Å². The smallest absolute Gasteiger partial charge is 0.334 e. The Kier molecular flexibility index (Phi) is 11.8. The molecule has 280 valence electrons. The summed E-state index contributed by atoms with van der Waals surface area (Å²) < 4.78 is 38.0. The van der Waals surface area contributed by atoms with E-state index in [2.05, 4.69) is 20.8 Å². The number of carboxylic acid groups (broad SMARTS) is 1. The predicted molar refractivity (Wildman–Crippen MR) is 190 cm³/mol. The Morgan fingerprint density at radius 2 is 1.06 bits per heavy atom. The first-order valence-electron chi connectivity index (χ1n) is 20.2. The normalized spacial score (nSPS) is 39.6. The standard InChI is InChI=1S/C41H68O8/c1-32(35(42)43)34(44-20-11-5-8-14-36(2)17-23-45-36)39-26-33-27-40(29-39,48-21-12-6-9-15-37(3)18-24-46-37)31-41(28-33,30-39)49-22-13-7-10-16-38(4)19-25-47-38/h33H,5-31H2,1-4H3,(H,42,43). The van der Waals surface area contributed by atoms with Gasteiger partial charge >= 0.3 is 5.97 Å². The second-order valence-electron chi connectivity index (χ2n) is 18.0. The second-order valence-corrected chi connectivity index (χ2v) is 18.0. The van der Waals surface area contributed by atoms with Crippen LogP contribution in [0.1, 0.15) is 163 Å². The maximum atomic E-state index is 12.6. The molecule has 7 aliphatic rings. The number of unbranched alkanes of at least 4 members (excludes halogenated alkanes) is 6. The van der Waals surface area contributed by atoms with Gasteiger partial charge in [-0.05, 0) is 130 Å². The van der Waals surface area contributed by atoms with Gasteiger partial charge in [-0.25, -0.2) is 4.79 Å². The maximum absolute atomic E-state index is 12.6. The van der Waals surface area contributed by atoms with E-state index in [1.54, 1.807) is 6.92 Å². The number of hydrogen-bond acceptors (Lipinski definition) is 7. The van der Waals surface area contributed by atoms with Crippen LogP contribution in [-0.2, 0) is 33.2 Å². The first kappa shape index (κ1) is 37.6. The summed E-state index contributed by atoms with van der Waals surface area (Å²) in [7, 11) is 0. The van der Waals surface area contributed by atoms with E-state index in [9.17, 15) is 9.90 Å². The number of carboxylic acids is 1. The zero-order chi connectivity index (χ0) is 34.6. The molecule has 7 fully saturated rings. The van der Waals surface area contributed by atoms with E-state index in [4.69, 9.17) is 28.4 Å². The molecule has 3 heterocycles. The summed E-state index contributed by atoms with van der Waals surface area (Å²) in [5.74, 6) is 0.284. The van der Waals surface area contributed by atoms with Crippen molar-refractivity contribution in [2.45, 2.75) is 191 Å². The monoisotopic (exact) mass is 688 g/mol. The van der Waals surface area contributed by atoms with Gasteiger partial charge in [-0.1, -0.05) is 32.1 Å². The highest BCUT2D eigenvalue weighted by molar-refractivity contribution is 5.86. The molecule has 0 aromatic carbocycles. The van der Waals surface area contributed by atoms with Gasteiger partial charge in [0.2, 0.25) is 0 Å². The summed E-state index contributed by atoms with van der Waals surface area (Å²) in [6, 6.07) is 0. The quantitative estimate of drug-likeness (QED) is 0.0646. The number of ether oxygens (including phenoxy) is 6. The second kappa shape index (κ2) is 15.4. The predicted octanol–water partition coefficient (Wildman–Crippen LogP) is 9.07. The van der Waals surface area contributed by atoms with Crippen LogP contribution in [0.4, 0.5) is 0 Å². The van der Waals surface area contributed by atoms with Gasteiger partial charge in [0.15, 0.2) is 0 Å². The lowest BCUT2D eigenvalue weighted by atomic mass is 9.45. The Labute approximate surface area is 296 Å². The summed E-state index contributed by atoms with van der Waals surface area (Å²) in [4.78, 5) is 12.6. The highest BCUT2D eigenvalue weighted by Crippen LogP contribution is 2.68. The lowest BCUT2D eigenvalue weighted by Crippen LogP contribution is -2.65. The number of allylic oxidation sites excluding steroid dienone is 1. The van der Waals surface area contributed by atoms with Crippen LogP contribution < -0.4 is 0 Å². The van der Waals surface area contributed by atoms with Gasteiger partial charge in [0.1, 0.15) is 5.76 Å². The lowest BCUT2D eigenvalue weighted by Gasteiger charge is -2.66. The summed E-state index contributed by atoms with van der Waals surface area (Å²) in [6.07, 6.45) is 22.3. The van der Waals surface area contributed by atoms with Crippen LogP contribution in [-0.4, -0.2) is 78.7 Å². The first-order chi connectivity index (χ1) is 23.4. The molecular formula is C41H68O8. The van der Waals surface area contributed by atoms with E-state index in [1.807, 2.05) is 0 Å². The Morgan fingerprint density at radius 3 is 1.45 bits per heavy atom. The molecule has 5 atom stereocenters. The van der Waals surface area contributed by atoms with Crippen LogP contribution in [0.25, 0.3) is 0 Å². The molecule has 4 saturated carbocycles. The fourth-order valence-corrected chi connectivity index (χ4v) is 10.6. The zero-order valence-corrected chi connectivity index (χ0v) is 31.5. The summed E-state index contributed by atoms with van der Waals surface area (Å²) >= 11 is 0. The van der Waals surface area contributed by atoms with E-state index >= 15 is 0 Å². The Morgan fingerprint density at radius 1 is 0.633 bits per heavy atom. The van der Waals surface area contributed by atoms with Crippen molar-refractivity contribution in [3.63, 3.8) is 0 Å². The van der Waals surface area contributed by atoms with Crippen molar-refractivity contribution in [3.8, 4) is 0 Å². The zero-order valence-electron chi connectivity index (χ0n) is 31.5. The van der Waals surface area contributed by atoms with Gasteiger partial charge in [-0.2, -0.15) is 0 Å².